The Kier molecular flexibility index (Phi) is 1.86. The van der Waals surface area contributed by atoms with Crippen molar-refractivity contribution < 1.29 is 0 Å². The molecular weight excluding hydrogens is 150 g/mol. The Bertz CT molecular complexity index is 326. The van der Waals surface area contributed by atoms with E-state index in [9.17, 15) is 0 Å². The van der Waals surface area contributed by atoms with E-state index in [0.29, 0.717) is 0 Å². The van der Waals surface area contributed by atoms with Crippen LogP contribution in [0, 0.1) is 6.07 Å². The van der Waals surface area contributed by atoms with E-state index in [4.69, 9.17) is 0 Å². The van der Waals surface area contributed by atoms with Crippen molar-refractivity contribution in [2.75, 3.05) is 0 Å². The summed E-state index contributed by atoms with van der Waals surface area (Å²) in [5, 5.41) is 7.44. The van der Waals surface area contributed by atoms with Crippen LogP contribution >= 0.6 is 0 Å². The molecule has 0 aliphatic heterocycles. The Hall–Kier alpha value is -1.64. The summed E-state index contributed by atoms with van der Waals surface area (Å²) in [6.45, 7) is 0.810. The lowest BCUT2D eigenvalue weighted by molar-refractivity contribution is 0.794. The third kappa shape index (κ3) is 1.50. The second kappa shape index (κ2) is 3.17. The van der Waals surface area contributed by atoms with Crippen LogP contribution in [-0.2, 0) is 6.54 Å². The average Bonchev–Trinajstić information content (AvgIpc) is 2.59. The molecule has 0 amide bonds. The molecule has 0 aliphatic rings. The standard InChI is InChI=1S/C9H8N3/c1-2-4-9(5-3-1)6-12-7-10-11-8-12/h1-2,4-5,7-8H,6H2. The molecule has 0 unspecified atom stereocenters. The molecule has 0 fully saturated rings. The molecule has 1 heterocycles. The van der Waals surface area contributed by atoms with Gasteiger partial charge in [-0.15, -0.1) is 10.2 Å². The summed E-state index contributed by atoms with van der Waals surface area (Å²) in [4.78, 5) is 0. The lowest BCUT2D eigenvalue weighted by Gasteiger charge is -1.99. The molecule has 3 nitrogen and oxygen atoms in total. The third-order valence-electron chi connectivity index (χ3n) is 1.60. The molecule has 0 N–H and O–H groups in total. The van der Waals surface area contributed by atoms with E-state index in [1.54, 1.807) is 12.7 Å². The van der Waals surface area contributed by atoms with Crippen LogP contribution < -0.4 is 0 Å². The summed E-state index contributed by atoms with van der Waals surface area (Å²) in [6, 6.07) is 10.9. The number of nitrogens with zero attached hydrogens (tertiary/aromatic N) is 3. The van der Waals surface area contributed by atoms with E-state index in [2.05, 4.69) is 22.3 Å². The van der Waals surface area contributed by atoms with Crippen LogP contribution in [0.5, 0.6) is 0 Å². The highest BCUT2D eigenvalue weighted by Gasteiger charge is 1.92. The third-order valence-corrected chi connectivity index (χ3v) is 1.60. The molecule has 0 atom stereocenters. The monoisotopic (exact) mass is 158 g/mol. The number of hydrogen-bond donors (Lipinski definition) is 0. The summed E-state index contributed by atoms with van der Waals surface area (Å²) in [6.07, 6.45) is 3.40. The highest BCUT2D eigenvalue weighted by molar-refractivity contribution is 5.13. The quantitative estimate of drug-likeness (QED) is 0.655. The van der Waals surface area contributed by atoms with Crippen molar-refractivity contribution in [1.82, 2.24) is 14.8 Å². The molecule has 59 valence electrons. The van der Waals surface area contributed by atoms with Crippen molar-refractivity contribution in [2.24, 2.45) is 0 Å². The van der Waals surface area contributed by atoms with Gasteiger partial charge in [-0.1, -0.05) is 18.2 Å². The zero-order valence-corrected chi connectivity index (χ0v) is 6.51. The van der Waals surface area contributed by atoms with E-state index < -0.39 is 0 Å². The van der Waals surface area contributed by atoms with Crippen molar-refractivity contribution in [3.05, 3.63) is 48.5 Å². The largest absolute Gasteiger partial charge is 0.316 e. The first kappa shape index (κ1) is 7.03. The fourth-order valence-corrected chi connectivity index (χ4v) is 1.04. The van der Waals surface area contributed by atoms with Gasteiger partial charge in [0.2, 0.25) is 0 Å². The van der Waals surface area contributed by atoms with Crippen LogP contribution in [0.15, 0.2) is 36.9 Å². The van der Waals surface area contributed by atoms with Gasteiger partial charge in [0.1, 0.15) is 12.7 Å². The highest BCUT2D eigenvalue weighted by Crippen LogP contribution is 1.99. The van der Waals surface area contributed by atoms with Gasteiger partial charge in [-0.3, -0.25) is 0 Å². The molecule has 1 aromatic carbocycles. The molecule has 1 radical (unpaired) electrons. The van der Waals surface area contributed by atoms with Crippen molar-refractivity contribution in [2.45, 2.75) is 6.54 Å². The number of rotatable bonds is 2. The Morgan fingerprint density at radius 3 is 2.83 bits per heavy atom. The predicted octanol–water partition coefficient (Wildman–Crippen LogP) is 1.13. The smallest absolute Gasteiger partial charge is 0.119 e. The fourth-order valence-electron chi connectivity index (χ4n) is 1.04. The van der Waals surface area contributed by atoms with Crippen molar-refractivity contribution in [3.8, 4) is 0 Å². The Morgan fingerprint density at radius 2 is 2.17 bits per heavy atom. The SMILES string of the molecule is [c]1cccc(Cn2cnnc2)c1. The van der Waals surface area contributed by atoms with Crippen molar-refractivity contribution in [3.63, 3.8) is 0 Å². The highest BCUT2D eigenvalue weighted by atomic mass is 15.2. The van der Waals surface area contributed by atoms with Crippen LogP contribution in [-0.4, -0.2) is 14.8 Å². The summed E-state index contributed by atoms with van der Waals surface area (Å²) in [5.74, 6) is 0. The summed E-state index contributed by atoms with van der Waals surface area (Å²) >= 11 is 0. The minimum absolute atomic E-state index is 0.810. The minimum Gasteiger partial charge on any atom is -0.316 e. The Labute approximate surface area is 70.7 Å². The van der Waals surface area contributed by atoms with E-state index in [1.807, 2.05) is 22.8 Å². The number of aromatic nitrogens is 3. The van der Waals surface area contributed by atoms with Gasteiger partial charge in [-0.05, 0) is 17.7 Å². The topological polar surface area (TPSA) is 30.7 Å². The predicted molar refractivity (Wildman–Crippen MR) is 44.4 cm³/mol. The number of benzene rings is 1. The normalized spacial score (nSPS) is 10.0. The van der Waals surface area contributed by atoms with Gasteiger partial charge >= 0.3 is 0 Å². The molecule has 0 saturated carbocycles. The Morgan fingerprint density at radius 1 is 1.33 bits per heavy atom. The van der Waals surface area contributed by atoms with Crippen LogP contribution in [0.25, 0.3) is 0 Å². The molecule has 12 heavy (non-hydrogen) atoms. The first-order valence-electron chi connectivity index (χ1n) is 3.72. The number of hydrogen-bond acceptors (Lipinski definition) is 2. The van der Waals surface area contributed by atoms with Gasteiger partial charge in [-0.25, -0.2) is 0 Å². The molecule has 0 saturated heterocycles. The van der Waals surface area contributed by atoms with Crippen molar-refractivity contribution >= 4 is 0 Å². The molecule has 1 aromatic heterocycles. The van der Waals surface area contributed by atoms with Crippen LogP contribution in [0.1, 0.15) is 5.56 Å². The summed E-state index contributed by atoms with van der Waals surface area (Å²) in [7, 11) is 0. The Balaban J connectivity index is 2.15. The maximum Gasteiger partial charge on any atom is 0.119 e. The maximum atomic E-state index is 3.72. The van der Waals surface area contributed by atoms with E-state index in [0.717, 1.165) is 6.54 Å². The summed E-state index contributed by atoms with van der Waals surface area (Å²) in [5.41, 5.74) is 1.21. The molecule has 0 aliphatic carbocycles. The minimum atomic E-state index is 0.810. The van der Waals surface area contributed by atoms with Gasteiger partial charge in [0, 0.05) is 0 Å². The van der Waals surface area contributed by atoms with Gasteiger partial charge < -0.3 is 4.57 Å². The molecule has 0 bridgehead atoms. The molecule has 3 heteroatoms. The lowest BCUT2D eigenvalue weighted by atomic mass is 10.2. The molecular formula is C9H8N3. The van der Waals surface area contributed by atoms with E-state index >= 15 is 0 Å². The molecule has 0 spiro atoms. The van der Waals surface area contributed by atoms with Gasteiger partial charge in [-0.2, -0.15) is 0 Å². The summed E-state index contributed by atoms with van der Waals surface area (Å²) < 4.78 is 1.92. The maximum absolute atomic E-state index is 3.72. The first-order chi connectivity index (χ1) is 5.95. The van der Waals surface area contributed by atoms with E-state index in [-0.39, 0.29) is 0 Å². The van der Waals surface area contributed by atoms with Gasteiger partial charge in [0.05, 0.1) is 6.54 Å². The first-order valence-corrected chi connectivity index (χ1v) is 3.72. The van der Waals surface area contributed by atoms with E-state index in [1.165, 1.54) is 5.56 Å². The molecule has 2 aromatic rings. The average molecular weight is 158 g/mol. The fraction of sp³-hybridized carbons (Fsp3) is 0.111. The zero-order valence-electron chi connectivity index (χ0n) is 6.51. The zero-order chi connectivity index (χ0) is 8.23. The van der Waals surface area contributed by atoms with Gasteiger partial charge in [0.25, 0.3) is 0 Å². The van der Waals surface area contributed by atoms with Crippen LogP contribution in [0.3, 0.4) is 0 Å². The van der Waals surface area contributed by atoms with Crippen molar-refractivity contribution in [1.29, 1.82) is 0 Å². The second-order valence-corrected chi connectivity index (χ2v) is 2.55. The second-order valence-electron chi connectivity index (χ2n) is 2.55. The lowest BCUT2D eigenvalue weighted by Crippen LogP contribution is -1.95. The van der Waals surface area contributed by atoms with Crippen LogP contribution in [0.4, 0.5) is 0 Å². The molecule has 2 rings (SSSR count). The van der Waals surface area contributed by atoms with Gasteiger partial charge in [0.15, 0.2) is 0 Å². The van der Waals surface area contributed by atoms with Crippen LogP contribution in [0.2, 0.25) is 0 Å².